The number of esters is 1. The first-order valence-electron chi connectivity index (χ1n) is 6.51. The van der Waals surface area contributed by atoms with E-state index in [2.05, 4.69) is 10.1 Å². The number of carboxylic acid groups (broad SMARTS) is 1. The molecule has 8 nitrogen and oxygen atoms in total. The molecule has 2 N–H and O–H groups in total. The Morgan fingerprint density at radius 3 is 2.24 bits per heavy atom. The van der Waals surface area contributed by atoms with Gasteiger partial charge in [-0.2, -0.15) is 0 Å². The second-order valence-corrected chi connectivity index (χ2v) is 5.07. The van der Waals surface area contributed by atoms with Crippen LogP contribution in [0.15, 0.2) is 0 Å². The Kier molecular flexibility index (Phi) is 8.03. The Bertz CT molecular complexity index is 409. The lowest BCUT2D eigenvalue weighted by Crippen LogP contribution is -2.43. The highest BCUT2D eigenvalue weighted by atomic mass is 16.5. The first kappa shape index (κ1) is 18.9. The van der Waals surface area contributed by atoms with Gasteiger partial charge in [-0.3, -0.25) is 19.7 Å². The molecular weight excluding hydrogens is 280 g/mol. The van der Waals surface area contributed by atoms with Gasteiger partial charge in [0, 0.05) is 26.4 Å². The molecule has 0 heterocycles. The number of amides is 3. The molecular formula is C13H22N2O6. The maximum atomic E-state index is 11.7. The highest BCUT2D eigenvalue weighted by molar-refractivity contribution is 5.94. The number of imide groups is 1. The summed E-state index contributed by atoms with van der Waals surface area (Å²) in [6.45, 7) is 3.32. The first-order chi connectivity index (χ1) is 9.67. The normalized spacial score (nSPS) is 13.0. The monoisotopic (exact) mass is 302 g/mol. The number of hydrogen-bond acceptors (Lipinski definition) is 5. The van der Waals surface area contributed by atoms with Gasteiger partial charge in [0.2, 0.25) is 5.91 Å². The largest absolute Gasteiger partial charge is 0.481 e. The Balaban J connectivity index is 4.25. The summed E-state index contributed by atoms with van der Waals surface area (Å²) in [6.07, 6.45) is -0.199. The SMILES string of the molecule is COC(=O)C(C)CN(C)C(=O)NC(=O)CC(C)CC(=O)O. The van der Waals surface area contributed by atoms with E-state index < -0.39 is 29.8 Å². The van der Waals surface area contributed by atoms with E-state index in [1.165, 1.54) is 19.1 Å². The molecule has 0 rings (SSSR count). The molecule has 2 unspecified atom stereocenters. The highest BCUT2D eigenvalue weighted by Crippen LogP contribution is 2.07. The number of nitrogens with one attached hydrogen (secondary N) is 1. The van der Waals surface area contributed by atoms with Crippen molar-refractivity contribution in [3.8, 4) is 0 Å². The molecule has 0 bridgehead atoms. The number of aliphatic carboxylic acids is 1. The maximum Gasteiger partial charge on any atom is 0.323 e. The van der Waals surface area contributed by atoms with Gasteiger partial charge >= 0.3 is 18.0 Å². The summed E-state index contributed by atoms with van der Waals surface area (Å²) in [5, 5.41) is 10.7. The molecule has 0 saturated heterocycles. The molecule has 0 aliphatic rings. The van der Waals surface area contributed by atoms with Crippen LogP contribution in [-0.4, -0.2) is 54.6 Å². The van der Waals surface area contributed by atoms with Crippen LogP contribution in [0.2, 0.25) is 0 Å². The Labute approximate surface area is 123 Å². The van der Waals surface area contributed by atoms with Gasteiger partial charge in [-0.05, 0) is 5.92 Å². The molecule has 0 saturated carbocycles. The van der Waals surface area contributed by atoms with Gasteiger partial charge in [0.15, 0.2) is 0 Å². The van der Waals surface area contributed by atoms with Gasteiger partial charge in [0.05, 0.1) is 13.0 Å². The van der Waals surface area contributed by atoms with Gasteiger partial charge in [-0.1, -0.05) is 13.8 Å². The molecule has 0 aromatic carbocycles. The molecule has 21 heavy (non-hydrogen) atoms. The highest BCUT2D eigenvalue weighted by Gasteiger charge is 2.21. The number of urea groups is 1. The van der Waals surface area contributed by atoms with Gasteiger partial charge in [0.25, 0.3) is 0 Å². The van der Waals surface area contributed by atoms with Crippen LogP contribution in [0.25, 0.3) is 0 Å². The van der Waals surface area contributed by atoms with Crippen LogP contribution in [0.5, 0.6) is 0 Å². The van der Waals surface area contributed by atoms with Crippen molar-refractivity contribution < 1.29 is 29.0 Å². The smallest absolute Gasteiger partial charge is 0.323 e. The van der Waals surface area contributed by atoms with Crippen LogP contribution in [0, 0.1) is 11.8 Å². The van der Waals surface area contributed by atoms with Crippen LogP contribution in [0.4, 0.5) is 4.79 Å². The molecule has 0 spiro atoms. The van der Waals surface area contributed by atoms with Crippen molar-refractivity contribution in [1.29, 1.82) is 0 Å². The molecule has 2 atom stereocenters. The van der Waals surface area contributed by atoms with E-state index in [-0.39, 0.29) is 25.3 Å². The Morgan fingerprint density at radius 1 is 1.19 bits per heavy atom. The zero-order chi connectivity index (χ0) is 16.6. The molecule has 0 aliphatic heterocycles. The number of carboxylic acids is 1. The van der Waals surface area contributed by atoms with E-state index in [4.69, 9.17) is 5.11 Å². The zero-order valence-electron chi connectivity index (χ0n) is 12.7. The number of hydrogen-bond donors (Lipinski definition) is 2. The minimum atomic E-state index is -0.995. The maximum absolute atomic E-state index is 11.7. The molecule has 0 radical (unpaired) electrons. The summed E-state index contributed by atoms with van der Waals surface area (Å²) in [5.41, 5.74) is 0. The van der Waals surface area contributed by atoms with E-state index >= 15 is 0 Å². The van der Waals surface area contributed by atoms with E-state index in [1.807, 2.05) is 0 Å². The van der Waals surface area contributed by atoms with Crippen molar-refractivity contribution in [3.05, 3.63) is 0 Å². The second kappa shape index (κ2) is 8.93. The third kappa shape index (κ3) is 7.91. The zero-order valence-corrected chi connectivity index (χ0v) is 12.7. The second-order valence-electron chi connectivity index (χ2n) is 5.07. The van der Waals surface area contributed by atoms with Crippen molar-refractivity contribution in [1.82, 2.24) is 10.2 Å². The quantitative estimate of drug-likeness (QED) is 0.661. The summed E-state index contributed by atoms with van der Waals surface area (Å²) in [6, 6.07) is -0.640. The molecule has 120 valence electrons. The van der Waals surface area contributed by atoms with Crippen molar-refractivity contribution in [3.63, 3.8) is 0 Å². The van der Waals surface area contributed by atoms with Crippen molar-refractivity contribution in [2.45, 2.75) is 26.7 Å². The molecule has 0 aromatic rings. The average molecular weight is 302 g/mol. The molecule has 0 fully saturated rings. The summed E-state index contributed by atoms with van der Waals surface area (Å²) >= 11 is 0. The fraction of sp³-hybridized carbons (Fsp3) is 0.692. The summed E-state index contributed by atoms with van der Waals surface area (Å²) in [5.74, 6) is -2.87. The lowest BCUT2D eigenvalue weighted by atomic mass is 10.0. The predicted octanol–water partition coefficient (Wildman–Crippen LogP) is 0.464. The number of carbonyl (C=O) groups excluding carboxylic acids is 3. The molecule has 3 amide bonds. The Morgan fingerprint density at radius 2 is 1.76 bits per heavy atom. The topological polar surface area (TPSA) is 113 Å². The summed E-state index contributed by atoms with van der Waals surface area (Å²) in [7, 11) is 2.70. The first-order valence-corrected chi connectivity index (χ1v) is 6.51. The minimum Gasteiger partial charge on any atom is -0.481 e. The number of nitrogens with zero attached hydrogens (tertiary/aromatic N) is 1. The van der Waals surface area contributed by atoms with Crippen LogP contribution >= 0.6 is 0 Å². The lowest BCUT2D eigenvalue weighted by molar-refractivity contribution is -0.145. The average Bonchev–Trinajstić information content (AvgIpc) is 2.35. The van der Waals surface area contributed by atoms with Gasteiger partial charge in [-0.15, -0.1) is 0 Å². The number of ether oxygens (including phenoxy) is 1. The van der Waals surface area contributed by atoms with Crippen molar-refractivity contribution in [2.75, 3.05) is 20.7 Å². The molecule has 8 heteroatoms. The number of carbonyl (C=O) groups is 4. The lowest BCUT2D eigenvalue weighted by Gasteiger charge is -2.20. The van der Waals surface area contributed by atoms with Crippen molar-refractivity contribution >= 4 is 23.9 Å². The van der Waals surface area contributed by atoms with Crippen LogP contribution in [0.3, 0.4) is 0 Å². The third-order valence-electron chi connectivity index (χ3n) is 2.80. The van der Waals surface area contributed by atoms with Crippen LogP contribution in [-0.2, 0) is 19.1 Å². The fourth-order valence-electron chi connectivity index (χ4n) is 1.72. The minimum absolute atomic E-state index is 0.0571. The third-order valence-corrected chi connectivity index (χ3v) is 2.80. The van der Waals surface area contributed by atoms with E-state index in [0.717, 1.165) is 0 Å². The van der Waals surface area contributed by atoms with E-state index in [1.54, 1.807) is 13.8 Å². The number of rotatable bonds is 7. The van der Waals surface area contributed by atoms with Crippen LogP contribution < -0.4 is 5.32 Å². The molecule has 0 aliphatic carbocycles. The predicted molar refractivity (Wildman–Crippen MR) is 73.4 cm³/mol. The summed E-state index contributed by atoms with van der Waals surface area (Å²) < 4.78 is 4.54. The standard InChI is InChI=1S/C13H22N2O6/c1-8(6-11(17)18)5-10(16)14-13(20)15(3)7-9(2)12(19)21-4/h8-9H,5-7H2,1-4H3,(H,17,18)(H,14,16,20). The van der Waals surface area contributed by atoms with E-state index in [9.17, 15) is 19.2 Å². The summed E-state index contributed by atoms with van der Waals surface area (Å²) in [4.78, 5) is 46.2. The molecule has 0 aromatic heterocycles. The fourth-order valence-corrected chi connectivity index (χ4v) is 1.72. The van der Waals surface area contributed by atoms with E-state index in [0.29, 0.717) is 0 Å². The van der Waals surface area contributed by atoms with Crippen molar-refractivity contribution in [2.24, 2.45) is 11.8 Å². The Hall–Kier alpha value is -2.12. The van der Waals surface area contributed by atoms with Gasteiger partial charge < -0.3 is 14.7 Å². The number of methoxy groups -OCH3 is 1. The van der Waals surface area contributed by atoms with Gasteiger partial charge in [0.1, 0.15) is 0 Å². The van der Waals surface area contributed by atoms with Crippen LogP contribution in [0.1, 0.15) is 26.7 Å². The van der Waals surface area contributed by atoms with Gasteiger partial charge in [-0.25, -0.2) is 4.79 Å².